The van der Waals surface area contributed by atoms with Crippen LogP contribution in [0.2, 0.25) is 0 Å². The first-order chi connectivity index (χ1) is 9.02. The van der Waals surface area contributed by atoms with Crippen LogP contribution < -0.4 is 10.1 Å². The van der Waals surface area contributed by atoms with E-state index < -0.39 is 5.91 Å². The first-order valence-electron chi connectivity index (χ1n) is 5.53. The van der Waals surface area contributed by atoms with Gasteiger partial charge in [-0.2, -0.15) is 4.99 Å². The standard InChI is InChI=1S/C12H13N3O4/c1-15-6-9(16)13-12(15)14-11(18)7-4-3-5-8(19-2)10(7)17/h3-5,17H,6H2,1-2H3,(H,13,14,16,18). The average molecular weight is 263 g/mol. The number of aromatic hydroxyl groups is 1. The van der Waals surface area contributed by atoms with Crippen LogP contribution >= 0.6 is 0 Å². The third kappa shape index (κ3) is 2.49. The highest BCUT2D eigenvalue weighted by Gasteiger charge is 2.23. The molecule has 1 aliphatic rings. The lowest BCUT2D eigenvalue weighted by atomic mass is 10.2. The summed E-state index contributed by atoms with van der Waals surface area (Å²) in [6.07, 6.45) is 0. The van der Waals surface area contributed by atoms with Crippen molar-refractivity contribution in [3.05, 3.63) is 23.8 Å². The van der Waals surface area contributed by atoms with E-state index in [2.05, 4.69) is 10.3 Å². The second kappa shape index (κ2) is 4.97. The van der Waals surface area contributed by atoms with E-state index in [1.807, 2.05) is 0 Å². The highest BCUT2D eigenvalue weighted by atomic mass is 16.5. The Labute approximate surface area is 109 Å². The molecule has 0 spiro atoms. The van der Waals surface area contributed by atoms with Gasteiger partial charge in [0.05, 0.1) is 19.2 Å². The fourth-order valence-corrected chi connectivity index (χ4v) is 1.68. The highest BCUT2D eigenvalue weighted by Crippen LogP contribution is 2.29. The molecule has 0 unspecified atom stereocenters. The maximum atomic E-state index is 12.0. The number of phenolic OH excluding ortho intramolecular Hbond substituents is 1. The van der Waals surface area contributed by atoms with Gasteiger partial charge < -0.3 is 14.7 Å². The molecule has 1 aliphatic heterocycles. The minimum atomic E-state index is -0.652. The Morgan fingerprint density at radius 1 is 1.53 bits per heavy atom. The zero-order valence-electron chi connectivity index (χ0n) is 10.5. The number of hydrogen-bond acceptors (Lipinski definition) is 4. The van der Waals surface area contributed by atoms with Gasteiger partial charge in [-0.25, -0.2) is 0 Å². The fourth-order valence-electron chi connectivity index (χ4n) is 1.68. The van der Waals surface area contributed by atoms with Crippen LogP contribution in [0.4, 0.5) is 0 Å². The average Bonchev–Trinajstić information content (AvgIpc) is 2.68. The maximum Gasteiger partial charge on any atom is 0.284 e. The summed E-state index contributed by atoms with van der Waals surface area (Å²) in [5.41, 5.74) is 0.0152. The summed E-state index contributed by atoms with van der Waals surface area (Å²) in [6, 6.07) is 4.53. The quantitative estimate of drug-likeness (QED) is 0.781. The molecular weight excluding hydrogens is 250 g/mol. The predicted octanol–water partition coefficient (Wildman–Crippen LogP) is -0.0414. The molecule has 1 saturated heterocycles. The van der Waals surface area contributed by atoms with Gasteiger partial charge in [0.15, 0.2) is 11.5 Å². The number of amides is 2. The third-order valence-electron chi connectivity index (χ3n) is 2.65. The molecule has 1 heterocycles. The van der Waals surface area contributed by atoms with E-state index in [0.29, 0.717) is 0 Å². The Balaban J connectivity index is 2.31. The molecule has 2 rings (SSSR count). The lowest BCUT2D eigenvalue weighted by Gasteiger charge is -2.09. The number of likely N-dealkylation sites (N-methyl/N-ethyl adjacent to an activating group) is 1. The van der Waals surface area contributed by atoms with Crippen molar-refractivity contribution in [1.29, 1.82) is 0 Å². The molecule has 0 radical (unpaired) electrons. The van der Waals surface area contributed by atoms with Crippen molar-refractivity contribution in [2.75, 3.05) is 20.7 Å². The molecule has 0 aliphatic carbocycles. The van der Waals surface area contributed by atoms with Gasteiger partial charge in [-0.3, -0.25) is 14.9 Å². The van der Waals surface area contributed by atoms with Crippen LogP contribution in [-0.4, -0.2) is 48.5 Å². The van der Waals surface area contributed by atoms with Gasteiger partial charge >= 0.3 is 0 Å². The predicted molar refractivity (Wildman–Crippen MR) is 67.2 cm³/mol. The zero-order valence-corrected chi connectivity index (χ0v) is 10.5. The number of ether oxygens (including phenoxy) is 1. The molecule has 2 amide bonds. The van der Waals surface area contributed by atoms with E-state index in [4.69, 9.17) is 4.74 Å². The largest absolute Gasteiger partial charge is 0.504 e. The Bertz CT molecular complexity index is 568. The summed E-state index contributed by atoms with van der Waals surface area (Å²) in [5, 5.41) is 12.3. The number of carbonyl (C=O) groups is 2. The Kier molecular flexibility index (Phi) is 3.37. The van der Waals surface area contributed by atoms with Crippen LogP contribution in [0.1, 0.15) is 10.4 Å². The molecule has 2 N–H and O–H groups in total. The number of nitrogens with one attached hydrogen (secondary N) is 1. The number of aliphatic imine (C=N–C) groups is 1. The fraction of sp³-hybridized carbons (Fsp3) is 0.250. The molecule has 100 valence electrons. The number of carbonyl (C=O) groups excluding carboxylic acids is 2. The monoisotopic (exact) mass is 263 g/mol. The molecule has 7 heteroatoms. The summed E-state index contributed by atoms with van der Waals surface area (Å²) >= 11 is 0. The van der Waals surface area contributed by atoms with Crippen molar-refractivity contribution in [2.24, 2.45) is 4.99 Å². The minimum absolute atomic E-state index is 0.0152. The van der Waals surface area contributed by atoms with E-state index in [9.17, 15) is 14.7 Å². The van der Waals surface area contributed by atoms with Crippen molar-refractivity contribution >= 4 is 17.8 Å². The van der Waals surface area contributed by atoms with E-state index >= 15 is 0 Å². The smallest absolute Gasteiger partial charge is 0.284 e. The summed E-state index contributed by atoms with van der Waals surface area (Å²) in [7, 11) is 3.02. The van der Waals surface area contributed by atoms with Crippen LogP contribution in [0.5, 0.6) is 11.5 Å². The van der Waals surface area contributed by atoms with Crippen LogP contribution in [0.25, 0.3) is 0 Å². The molecule has 0 bridgehead atoms. The number of hydrogen-bond donors (Lipinski definition) is 2. The summed E-state index contributed by atoms with van der Waals surface area (Å²) in [4.78, 5) is 28.4. The highest BCUT2D eigenvalue weighted by molar-refractivity contribution is 6.11. The zero-order chi connectivity index (χ0) is 14.0. The van der Waals surface area contributed by atoms with Gasteiger partial charge in [0.2, 0.25) is 11.9 Å². The van der Waals surface area contributed by atoms with Gasteiger partial charge in [0.1, 0.15) is 0 Å². The molecule has 1 aromatic rings. The van der Waals surface area contributed by atoms with Gasteiger partial charge in [0.25, 0.3) is 5.91 Å². The van der Waals surface area contributed by atoms with Gasteiger partial charge in [-0.1, -0.05) is 6.07 Å². The molecule has 1 fully saturated rings. The molecule has 7 nitrogen and oxygen atoms in total. The van der Waals surface area contributed by atoms with E-state index in [1.165, 1.54) is 24.1 Å². The molecule has 0 aromatic heterocycles. The van der Waals surface area contributed by atoms with Gasteiger partial charge in [-0.05, 0) is 12.1 Å². The number of methoxy groups -OCH3 is 1. The van der Waals surface area contributed by atoms with E-state index in [0.717, 1.165) is 0 Å². The van der Waals surface area contributed by atoms with Crippen molar-refractivity contribution in [2.45, 2.75) is 0 Å². The lowest BCUT2D eigenvalue weighted by molar-refractivity contribution is -0.118. The summed E-state index contributed by atoms with van der Waals surface area (Å²) < 4.78 is 4.91. The van der Waals surface area contributed by atoms with Crippen molar-refractivity contribution in [1.82, 2.24) is 10.2 Å². The second-order valence-corrected chi connectivity index (χ2v) is 4.00. The second-order valence-electron chi connectivity index (χ2n) is 4.00. The van der Waals surface area contributed by atoms with Crippen molar-refractivity contribution in [3.63, 3.8) is 0 Å². The van der Waals surface area contributed by atoms with E-state index in [1.54, 1.807) is 13.1 Å². The van der Waals surface area contributed by atoms with Crippen LogP contribution in [0.3, 0.4) is 0 Å². The number of phenols is 1. The Morgan fingerprint density at radius 2 is 2.26 bits per heavy atom. The van der Waals surface area contributed by atoms with Gasteiger partial charge in [-0.15, -0.1) is 0 Å². The maximum absolute atomic E-state index is 12.0. The normalized spacial score (nSPS) is 16.6. The van der Waals surface area contributed by atoms with Crippen LogP contribution in [0.15, 0.2) is 23.2 Å². The first-order valence-corrected chi connectivity index (χ1v) is 5.53. The lowest BCUT2D eigenvalue weighted by Crippen LogP contribution is -2.28. The number of guanidine groups is 1. The number of benzene rings is 1. The molecule has 0 saturated carbocycles. The summed E-state index contributed by atoms with van der Waals surface area (Å²) in [5.74, 6) is -0.803. The third-order valence-corrected chi connectivity index (χ3v) is 2.65. The topological polar surface area (TPSA) is 91.2 Å². The SMILES string of the molecule is COc1cccc(C(=O)N=C2NC(=O)CN2C)c1O. The minimum Gasteiger partial charge on any atom is -0.504 e. The van der Waals surface area contributed by atoms with Crippen molar-refractivity contribution < 1.29 is 19.4 Å². The van der Waals surface area contributed by atoms with Crippen molar-refractivity contribution in [3.8, 4) is 11.5 Å². The Morgan fingerprint density at radius 3 is 2.84 bits per heavy atom. The molecular formula is C12H13N3O4. The van der Waals surface area contributed by atoms with Gasteiger partial charge in [0, 0.05) is 7.05 Å². The summed E-state index contributed by atoms with van der Waals surface area (Å²) in [6.45, 7) is 0.149. The van der Waals surface area contributed by atoms with E-state index in [-0.39, 0.29) is 35.5 Å². The molecule has 19 heavy (non-hydrogen) atoms. The molecule has 1 aromatic carbocycles. The Hall–Kier alpha value is -2.57. The number of para-hydroxylation sites is 1. The number of nitrogens with zero attached hydrogens (tertiary/aromatic N) is 2. The van der Waals surface area contributed by atoms with Crippen LogP contribution in [-0.2, 0) is 4.79 Å². The first kappa shape index (κ1) is 12.9. The number of rotatable bonds is 2. The van der Waals surface area contributed by atoms with Crippen LogP contribution in [0, 0.1) is 0 Å². The molecule has 0 atom stereocenters.